The predicted octanol–water partition coefficient (Wildman–Crippen LogP) is 3.91. The average Bonchev–Trinajstić information content (AvgIpc) is 3.69. The summed E-state index contributed by atoms with van der Waals surface area (Å²) >= 11 is 0. The summed E-state index contributed by atoms with van der Waals surface area (Å²) in [5.41, 5.74) is 6.13. The first-order valence-corrected chi connectivity index (χ1v) is 13.1. The highest BCUT2D eigenvalue weighted by Gasteiger charge is 2.16. The summed E-state index contributed by atoms with van der Waals surface area (Å²) in [5.74, 6) is -0.144. The van der Waals surface area contributed by atoms with E-state index in [9.17, 15) is 15.2 Å². The third-order valence-electron chi connectivity index (χ3n) is 7.11. The summed E-state index contributed by atoms with van der Waals surface area (Å²) in [6.07, 6.45) is 3.93. The summed E-state index contributed by atoms with van der Waals surface area (Å²) < 4.78 is 5.43. The second-order valence-corrected chi connectivity index (χ2v) is 9.54. The zero-order chi connectivity index (χ0) is 27.2. The minimum atomic E-state index is -0.333. The van der Waals surface area contributed by atoms with Crippen LogP contribution < -0.4 is 4.90 Å². The molecular formula is C30H31N5O4. The Bertz CT molecular complexity index is 1480. The number of aromatic amines is 1. The second kappa shape index (κ2) is 12.0. The average molecular weight is 526 g/mol. The van der Waals surface area contributed by atoms with Gasteiger partial charge in [-0.05, 0) is 65.9 Å². The lowest BCUT2D eigenvalue weighted by atomic mass is 10.0. The molecule has 0 spiro atoms. The van der Waals surface area contributed by atoms with Crippen LogP contribution in [0.1, 0.15) is 18.4 Å². The Morgan fingerprint density at radius 2 is 1.72 bits per heavy atom. The van der Waals surface area contributed by atoms with E-state index in [1.807, 2.05) is 18.2 Å². The fourth-order valence-corrected chi connectivity index (χ4v) is 4.97. The number of likely N-dealkylation sites (tertiary alicyclic amines) is 1. The molecule has 2 aliphatic heterocycles. The number of nitrogens with zero attached hydrogens (tertiary/aromatic N) is 4. The number of nitrogens with one attached hydrogen (secondary N) is 1. The van der Waals surface area contributed by atoms with Crippen molar-refractivity contribution in [2.75, 3.05) is 50.9 Å². The van der Waals surface area contributed by atoms with E-state index >= 15 is 0 Å². The van der Waals surface area contributed by atoms with Crippen molar-refractivity contribution >= 4 is 22.6 Å². The van der Waals surface area contributed by atoms with E-state index in [0.717, 1.165) is 85.7 Å². The molecule has 2 fully saturated rings. The van der Waals surface area contributed by atoms with Crippen molar-refractivity contribution in [2.45, 2.75) is 12.8 Å². The number of carbonyl (C=O) groups excluding carboxylic acids is 1. The summed E-state index contributed by atoms with van der Waals surface area (Å²) in [6, 6.07) is 19.6. The highest BCUT2D eigenvalue weighted by molar-refractivity contribution is 5.96. The Morgan fingerprint density at radius 3 is 2.41 bits per heavy atom. The number of nitriles is 1. The van der Waals surface area contributed by atoms with Crippen molar-refractivity contribution in [3.05, 3.63) is 66.4 Å². The van der Waals surface area contributed by atoms with Crippen molar-refractivity contribution in [1.82, 2.24) is 14.9 Å². The standard InChI is InChI=1S/C24H20N4O2.C6H11NO2/c25-15-18-13-17(3-6-23(18)29)20-7-8-26-24-21(20)14-22(27-24)16-1-4-19(5-2-16)28-9-11-30-12-10-28;8-5-6(9)7-3-1-2-4-7/h1-8,13-14,29H,9-12H2,(H,26,27);8H,1-5H2. The molecule has 3 N–H and O–H groups in total. The zero-order valence-electron chi connectivity index (χ0n) is 21.6. The Labute approximate surface area is 226 Å². The third kappa shape index (κ3) is 5.87. The van der Waals surface area contributed by atoms with E-state index in [-0.39, 0.29) is 23.8 Å². The van der Waals surface area contributed by atoms with Crippen molar-refractivity contribution < 1.29 is 19.7 Å². The number of aromatic hydroxyl groups is 1. The van der Waals surface area contributed by atoms with Crippen LogP contribution in [0.4, 0.5) is 5.69 Å². The monoisotopic (exact) mass is 525 g/mol. The van der Waals surface area contributed by atoms with Gasteiger partial charge in [-0.25, -0.2) is 4.98 Å². The SMILES string of the molecule is N#Cc1cc(-c2ccnc3[nH]c(-c4ccc(N5CCOCC5)cc4)cc23)ccc1O.O=C(CO)N1CCCC1. The normalized spacial score (nSPS) is 15.1. The van der Waals surface area contributed by atoms with Crippen molar-refractivity contribution in [1.29, 1.82) is 5.26 Å². The van der Waals surface area contributed by atoms with Crippen molar-refractivity contribution in [3.63, 3.8) is 0 Å². The number of morpholine rings is 1. The summed E-state index contributed by atoms with van der Waals surface area (Å²) in [4.78, 5) is 22.6. The van der Waals surface area contributed by atoms with Crippen LogP contribution in [0.2, 0.25) is 0 Å². The first-order chi connectivity index (χ1) is 19.1. The Morgan fingerprint density at radius 1 is 1.00 bits per heavy atom. The number of aliphatic hydroxyl groups is 1. The summed E-state index contributed by atoms with van der Waals surface area (Å²) in [7, 11) is 0. The number of fused-ring (bicyclic) bond motifs is 1. The van der Waals surface area contributed by atoms with Gasteiger partial charge in [0, 0.05) is 49.1 Å². The molecular weight excluding hydrogens is 494 g/mol. The number of phenols is 1. The lowest BCUT2D eigenvalue weighted by Gasteiger charge is -2.28. The lowest BCUT2D eigenvalue weighted by Crippen LogP contribution is -2.36. The fourth-order valence-electron chi connectivity index (χ4n) is 4.97. The molecule has 2 aliphatic rings. The molecule has 0 bridgehead atoms. The topological polar surface area (TPSA) is 126 Å². The molecule has 1 amide bonds. The minimum Gasteiger partial charge on any atom is -0.507 e. The van der Waals surface area contributed by atoms with Crippen LogP contribution in [0, 0.1) is 11.3 Å². The smallest absolute Gasteiger partial charge is 0.248 e. The number of carbonyl (C=O) groups is 1. The number of aliphatic hydroxyl groups excluding tert-OH is 1. The number of anilines is 1. The van der Waals surface area contributed by atoms with E-state index < -0.39 is 0 Å². The molecule has 6 rings (SSSR count). The van der Waals surface area contributed by atoms with Gasteiger partial charge in [-0.15, -0.1) is 0 Å². The van der Waals surface area contributed by atoms with Crippen LogP contribution >= 0.6 is 0 Å². The third-order valence-corrected chi connectivity index (χ3v) is 7.11. The second-order valence-electron chi connectivity index (χ2n) is 9.54. The number of amides is 1. The molecule has 39 heavy (non-hydrogen) atoms. The molecule has 4 aromatic rings. The predicted molar refractivity (Wildman–Crippen MR) is 149 cm³/mol. The number of hydrogen-bond acceptors (Lipinski definition) is 7. The first-order valence-electron chi connectivity index (χ1n) is 13.1. The molecule has 0 saturated carbocycles. The molecule has 0 radical (unpaired) electrons. The van der Waals surface area contributed by atoms with Crippen LogP contribution in [0.25, 0.3) is 33.4 Å². The number of H-pyrrole nitrogens is 1. The Balaban J connectivity index is 0.000000292. The number of benzene rings is 2. The summed E-state index contributed by atoms with van der Waals surface area (Å²) in [6.45, 7) is 4.69. The maximum atomic E-state index is 10.7. The van der Waals surface area contributed by atoms with Gasteiger partial charge in [0.1, 0.15) is 24.1 Å². The van der Waals surface area contributed by atoms with Gasteiger partial charge < -0.3 is 29.7 Å². The molecule has 9 nitrogen and oxygen atoms in total. The van der Waals surface area contributed by atoms with Gasteiger partial charge in [-0.3, -0.25) is 4.79 Å². The molecule has 4 heterocycles. The maximum Gasteiger partial charge on any atom is 0.248 e. The van der Waals surface area contributed by atoms with E-state index in [1.165, 1.54) is 5.69 Å². The number of ether oxygens (including phenoxy) is 1. The minimum absolute atomic E-state index is 0.0123. The molecule has 2 aromatic carbocycles. The maximum absolute atomic E-state index is 10.7. The lowest BCUT2D eigenvalue weighted by molar-refractivity contribution is -0.133. The van der Waals surface area contributed by atoms with Crippen molar-refractivity contribution in [2.24, 2.45) is 0 Å². The van der Waals surface area contributed by atoms with Gasteiger partial charge in [-0.1, -0.05) is 18.2 Å². The van der Waals surface area contributed by atoms with Gasteiger partial charge in [0.15, 0.2) is 0 Å². The van der Waals surface area contributed by atoms with E-state index in [0.29, 0.717) is 0 Å². The van der Waals surface area contributed by atoms with Crippen LogP contribution in [0.15, 0.2) is 60.8 Å². The molecule has 0 aliphatic carbocycles. The highest BCUT2D eigenvalue weighted by atomic mass is 16.5. The number of pyridine rings is 1. The molecule has 200 valence electrons. The number of hydrogen-bond donors (Lipinski definition) is 3. The fraction of sp³-hybridized carbons (Fsp3) is 0.300. The van der Waals surface area contributed by atoms with Crippen LogP contribution in [0.5, 0.6) is 5.75 Å². The molecule has 0 atom stereocenters. The van der Waals surface area contributed by atoms with Gasteiger partial charge in [0.25, 0.3) is 0 Å². The molecule has 2 saturated heterocycles. The van der Waals surface area contributed by atoms with Gasteiger partial charge >= 0.3 is 0 Å². The van der Waals surface area contributed by atoms with Crippen LogP contribution in [-0.4, -0.2) is 77.0 Å². The van der Waals surface area contributed by atoms with Gasteiger partial charge in [0.2, 0.25) is 5.91 Å². The Hall–Kier alpha value is -4.39. The van der Waals surface area contributed by atoms with Gasteiger partial charge in [0.05, 0.1) is 18.8 Å². The summed E-state index contributed by atoms with van der Waals surface area (Å²) in [5, 5.41) is 28.4. The quantitative estimate of drug-likeness (QED) is 0.369. The first kappa shape index (κ1) is 26.2. The van der Waals surface area contributed by atoms with Crippen LogP contribution in [0.3, 0.4) is 0 Å². The molecule has 0 unspecified atom stereocenters. The zero-order valence-corrected chi connectivity index (χ0v) is 21.6. The largest absolute Gasteiger partial charge is 0.507 e. The molecule has 9 heteroatoms. The van der Waals surface area contributed by atoms with E-state index in [2.05, 4.69) is 45.2 Å². The van der Waals surface area contributed by atoms with E-state index in [1.54, 1.807) is 23.2 Å². The molecule has 2 aromatic heterocycles. The Kier molecular flexibility index (Phi) is 8.06. The number of aromatic nitrogens is 2. The van der Waals surface area contributed by atoms with Crippen molar-refractivity contribution in [3.8, 4) is 34.2 Å². The van der Waals surface area contributed by atoms with Gasteiger partial charge in [-0.2, -0.15) is 5.26 Å². The van der Waals surface area contributed by atoms with E-state index in [4.69, 9.17) is 9.84 Å². The van der Waals surface area contributed by atoms with Crippen LogP contribution in [-0.2, 0) is 9.53 Å². The number of phenolic OH excluding ortho intramolecular Hbond substituents is 1. The number of rotatable bonds is 4. The highest BCUT2D eigenvalue weighted by Crippen LogP contribution is 2.33.